The van der Waals surface area contributed by atoms with Crippen molar-refractivity contribution in [3.05, 3.63) is 24.3 Å². The zero-order chi connectivity index (χ0) is 29.1. The first-order valence-corrected chi connectivity index (χ1v) is 16.5. The van der Waals surface area contributed by atoms with Crippen LogP contribution in [0.4, 0.5) is 0 Å². The van der Waals surface area contributed by atoms with Gasteiger partial charge in [-0.3, -0.25) is 4.57 Å². The lowest BCUT2D eigenvalue weighted by atomic mass is 10.1. The number of rotatable bonds is 24. The van der Waals surface area contributed by atoms with Crippen molar-refractivity contribution >= 4 is 7.60 Å². The summed E-state index contributed by atoms with van der Waals surface area (Å²) in [5.74, 6) is 0. The minimum atomic E-state index is -3.87. The summed E-state index contributed by atoms with van der Waals surface area (Å²) in [6, 6.07) is 0. The van der Waals surface area contributed by atoms with E-state index in [1.54, 1.807) is 14.0 Å². The fourth-order valence-corrected chi connectivity index (χ4v) is 4.55. The summed E-state index contributed by atoms with van der Waals surface area (Å²) in [7, 11) is 3.45. The van der Waals surface area contributed by atoms with Crippen molar-refractivity contribution in [2.75, 3.05) is 54.6 Å². The predicted molar refractivity (Wildman–Crippen MR) is 162 cm³/mol. The van der Waals surface area contributed by atoms with Gasteiger partial charge >= 0.3 is 7.60 Å². The molecule has 0 aliphatic carbocycles. The summed E-state index contributed by atoms with van der Waals surface area (Å²) in [4.78, 5) is 17.5. The van der Waals surface area contributed by atoms with E-state index in [9.17, 15) is 9.67 Å². The molecule has 0 aromatic rings. The number of ether oxygens (including phenoxy) is 2. The Morgan fingerprint density at radius 2 is 1.21 bits per heavy atom. The average molecular weight is 565 g/mol. The fourth-order valence-electron chi connectivity index (χ4n) is 3.85. The minimum Gasteiger partial charge on any atom is -0.388 e. The molecule has 0 aliphatic heterocycles. The molecular weight excluding hydrogens is 501 g/mol. The number of allylic oxidation sites excluding steroid dienone is 4. The van der Waals surface area contributed by atoms with E-state index in [-0.39, 0.29) is 0 Å². The monoisotopic (exact) mass is 564 g/mol. The normalized spacial score (nSPS) is 14.1. The maximum atomic E-state index is 10.7. The molecule has 2 atom stereocenters. The van der Waals surface area contributed by atoms with Crippen molar-refractivity contribution in [3.8, 4) is 0 Å². The lowest BCUT2D eigenvalue weighted by molar-refractivity contribution is -0.869. The second-order valence-corrected chi connectivity index (χ2v) is 13.4. The van der Waals surface area contributed by atoms with Crippen LogP contribution in [-0.2, 0) is 14.0 Å². The van der Waals surface area contributed by atoms with Gasteiger partial charge in [-0.1, -0.05) is 69.8 Å². The molecule has 0 aromatic carbocycles. The molecule has 0 saturated carbocycles. The van der Waals surface area contributed by atoms with E-state index in [0.29, 0.717) is 24.2 Å². The number of nitrogens with zero attached hydrogens (tertiary/aromatic N) is 1. The fraction of sp³-hybridized carbons (Fsp3) is 0.867. The first-order chi connectivity index (χ1) is 17.9. The third-order valence-electron chi connectivity index (χ3n) is 6.01. The number of unbranched alkanes of at least 4 members (excludes halogenated alkanes) is 11. The second kappa shape index (κ2) is 26.7. The third-order valence-corrected chi connectivity index (χ3v) is 7.33. The molecule has 0 fully saturated rings. The van der Waals surface area contributed by atoms with Crippen LogP contribution in [0.1, 0.15) is 104 Å². The summed E-state index contributed by atoms with van der Waals surface area (Å²) < 4.78 is 21.6. The number of quaternary nitrogens is 1. The smallest absolute Gasteiger partial charge is 0.333 e. The Labute approximate surface area is 235 Å². The predicted octanol–water partition coefficient (Wildman–Crippen LogP) is 6.86. The molecule has 7 nitrogen and oxygen atoms in total. The van der Waals surface area contributed by atoms with Crippen LogP contribution in [0.15, 0.2) is 24.3 Å². The molecule has 0 bridgehead atoms. The second-order valence-electron chi connectivity index (χ2n) is 11.4. The number of aliphatic hydroxyl groups excluding tert-OH is 1. The van der Waals surface area contributed by atoms with E-state index in [0.717, 1.165) is 13.0 Å². The number of methoxy groups -OCH3 is 1. The molecule has 0 aliphatic rings. The SMILES string of the molecule is CC(C[N+](C)(C)C)P(=O)(O)O.CCCC/C=C\CCCC/C=C\CCCCCCCCOC[C@@H](O)COC. The summed E-state index contributed by atoms with van der Waals surface area (Å²) in [5.41, 5.74) is -0.553. The van der Waals surface area contributed by atoms with E-state index < -0.39 is 19.4 Å². The van der Waals surface area contributed by atoms with Crippen LogP contribution >= 0.6 is 7.60 Å². The van der Waals surface area contributed by atoms with Gasteiger partial charge in [0.1, 0.15) is 11.8 Å². The van der Waals surface area contributed by atoms with Gasteiger partial charge in [0.2, 0.25) is 0 Å². The van der Waals surface area contributed by atoms with Gasteiger partial charge in [0.25, 0.3) is 0 Å². The Kier molecular flexibility index (Phi) is 27.8. The highest BCUT2D eigenvalue weighted by atomic mass is 31.2. The zero-order valence-corrected chi connectivity index (χ0v) is 26.5. The molecule has 8 heteroatoms. The van der Waals surface area contributed by atoms with Gasteiger partial charge in [-0.15, -0.1) is 0 Å². The zero-order valence-electron chi connectivity index (χ0n) is 25.7. The molecule has 0 amide bonds. The van der Waals surface area contributed by atoms with E-state index in [2.05, 4.69) is 31.2 Å². The Balaban J connectivity index is 0. The maximum Gasteiger partial charge on any atom is 0.333 e. The molecule has 38 heavy (non-hydrogen) atoms. The van der Waals surface area contributed by atoms with Gasteiger partial charge in [0.05, 0.1) is 40.9 Å². The summed E-state index contributed by atoms with van der Waals surface area (Å²) >= 11 is 0. The van der Waals surface area contributed by atoms with Crippen LogP contribution in [0.5, 0.6) is 0 Å². The lowest BCUT2D eigenvalue weighted by Crippen LogP contribution is -2.40. The molecule has 3 N–H and O–H groups in total. The molecule has 0 aromatic heterocycles. The van der Waals surface area contributed by atoms with Gasteiger partial charge in [-0.2, -0.15) is 0 Å². The number of hydrogen-bond acceptors (Lipinski definition) is 4. The lowest BCUT2D eigenvalue weighted by Gasteiger charge is -2.27. The van der Waals surface area contributed by atoms with Crippen LogP contribution in [0, 0.1) is 0 Å². The Morgan fingerprint density at radius 3 is 1.63 bits per heavy atom. The molecule has 0 spiro atoms. The van der Waals surface area contributed by atoms with E-state index in [4.69, 9.17) is 19.3 Å². The van der Waals surface area contributed by atoms with Gasteiger partial charge in [-0.05, 0) is 58.3 Å². The highest BCUT2D eigenvalue weighted by Gasteiger charge is 2.28. The standard InChI is InChI=1S/C24H46O3.C6H16NO3P/c1-3-4-5-6-7-8-9-10-11-12-13-14-15-16-17-18-19-20-21-27-23-24(25)22-26-2;1-6(11(8,9)10)5-7(2,3)4/h6-7,12-13,24-25H,3-5,8-11,14-23H2,1-2H3;6H,5H2,1-4H3,(H-,8,9,10)/p+1/b7-6-,13-12-;/t24-;/m0./s1. The highest BCUT2D eigenvalue weighted by molar-refractivity contribution is 7.52. The largest absolute Gasteiger partial charge is 0.388 e. The van der Waals surface area contributed by atoms with E-state index in [1.807, 2.05) is 21.1 Å². The quantitative estimate of drug-likeness (QED) is 0.0513. The molecule has 0 saturated heterocycles. The molecule has 228 valence electrons. The Bertz CT molecular complexity index is 600. The molecule has 1 unspecified atom stereocenters. The number of hydrogen-bond donors (Lipinski definition) is 3. The Hall–Kier alpha value is -0.530. The first kappa shape index (κ1) is 39.6. The van der Waals surface area contributed by atoms with Gasteiger partial charge in [0.15, 0.2) is 0 Å². The van der Waals surface area contributed by atoms with Gasteiger partial charge in [-0.25, -0.2) is 0 Å². The van der Waals surface area contributed by atoms with Gasteiger partial charge in [0, 0.05) is 13.7 Å². The van der Waals surface area contributed by atoms with Crippen molar-refractivity contribution in [1.82, 2.24) is 0 Å². The topological polar surface area (TPSA) is 96.2 Å². The van der Waals surface area contributed by atoms with Crippen molar-refractivity contribution in [3.63, 3.8) is 0 Å². The van der Waals surface area contributed by atoms with Crippen molar-refractivity contribution in [2.24, 2.45) is 0 Å². The molecule has 0 rings (SSSR count). The van der Waals surface area contributed by atoms with Crippen molar-refractivity contribution in [2.45, 2.75) is 116 Å². The number of aliphatic hydroxyl groups is 1. The van der Waals surface area contributed by atoms with Crippen LogP contribution in [0.2, 0.25) is 0 Å². The Morgan fingerprint density at radius 1 is 0.763 bits per heavy atom. The van der Waals surface area contributed by atoms with Crippen molar-refractivity contribution in [1.29, 1.82) is 0 Å². The molecule has 0 radical (unpaired) electrons. The summed E-state index contributed by atoms with van der Waals surface area (Å²) in [6.45, 7) is 5.80. The molecule has 0 heterocycles. The van der Waals surface area contributed by atoms with Crippen LogP contribution in [0.3, 0.4) is 0 Å². The van der Waals surface area contributed by atoms with E-state index >= 15 is 0 Å². The average Bonchev–Trinajstić information content (AvgIpc) is 2.82. The first-order valence-electron chi connectivity index (χ1n) is 14.8. The van der Waals surface area contributed by atoms with Crippen LogP contribution in [-0.4, -0.2) is 85.8 Å². The van der Waals surface area contributed by atoms with Crippen LogP contribution < -0.4 is 0 Å². The maximum absolute atomic E-state index is 10.7. The van der Waals surface area contributed by atoms with Crippen LogP contribution in [0.25, 0.3) is 0 Å². The molecular formula is C30H63NO6P+. The highest BCUT2D eigenvalue weighted by Crippen LogP contribution is 2.41. The minimum absolute atomic E-state index is 0.352. The third kappa shape index (κ3) is 33.5. The van der Waals surface area contributed by atoms with Gasteiger partial charge < -0.3 is 28.9 Å². The van der Waals surface area contributed by atoms with E-state index in [1.165, 1.54) is 83.5 Å². The summed E-state index contributed by atoms with van der Waals surface area (Å²) in [5, 5.41) is 9.44. The van der Waals surface area contributed by atoms with Crippen molar-refractivity contribution < 1.29 is 33.4 Å². The summed E-state index contributed by atoms with van der Waals surface area (Å²) in [6.07, 6.45) is 26.8.